The quantitative estimate of drug-likeness (QED) is 0.929. The van der Waals surface area contributed by atoms with Gasteiger partial charge in [-0.15, -0.1) is 0 Å². The maximum absolute atomic E-state index is 13.4. The molecule has 2 aromatic carbocycles. The summed E-state index contributed by atoms with van der Waals surface area (Å²) in [5, 5.41) is 17.7. The van der Waals surface area contributed by atoms with Crippen molar-refractivity contribution in [1.29, 1.82) is 5.26 Å². The van der Waals surface area contributed by atoms with Crippen molar-refractivity contribution in [2.24, 2.45) is 0 Å². The lowest BCUT2D eigenvalue weighted by atomic mass is 10.2. The van der Waals surface area contributed by atoms with Crippen molar-refractivity contribution in [2.45, 2.75) is 9.79 Å². The van der Waals surface area contributed by atoms with E-state index in [1.54, 1.807) is 18.2 Å². The van der Waals surface area contributed by atoms with Crippen molar-refractivity contribution in [3.8, 4) is 6.07 Å². The molecule has 0 aliphatic heterocycles. The van der Waals surface area contributed by atoms with Gasteiger partial charge in [0.2, 0.25) is 0 Å². The number of carboxylic acids is 1. The molecule has 0 bridgehead atoms. The maximum Gasteiger partial charge on any atom is 0.335 e. The van der Waals surface area contributed by atoms with Crippen LogP contribution in [0.2, 0.25) is 0 Å². The number of halogens is 1. The van der Waals surface area contributed by atoms with Crippen molar-refractivity contribution in [3.05, 3.63) is 59.4 Å². The van der Waals surface area contributed by atoms with Gasteiger partial charge in [0.05, 0.1) is 5.56 Å². The first kappa shape index (κ1) is 13.1. The Morgan fingerprint density at radius 3 is 2.47 bits per heavy atom. The minimum atomic E-state index is -1.000. The van der Waals surface area contributed by atoms with Gasteiger partial charge in [0.1, 0.15) is 17.4 Å². The summed E-state index contributed by atoms with van der Waals surface area (Å²) in [5.74, 6) is -1.56. The van der Waals surface area contributed by atoms with Gasteiger partial charge in [0.15, 0.2) is 0 Å². The average Bonchev–Trinajstić information content (AvgIpc) is 2.39. The zero-order valence-electron chi connectivity index (χ0n) is 9.63. The Kier molecular flexibility index (Phi) is 3.83. The van der Waals surface area contributed by atoms with E-state index in [9.17, 15) is 9.18 Å². The molecule has 0 heterocycles. The molecule has 0 radical (unpaired) electrons. The van der Waals surface area contributed by atoms with E-state index in [1.165, 1.54) is 36.0 Å². The van der Waals surface area contributed by atoms with Gasteiger partial charge in [-0.3, -0.25) is 0 Å². The minimum absolute atomic E-state index is 0.00480. The number of benzene rings is 2. The van der Waals surface area contributed by atoms with E-state index in [1.807, 2.05) is 6.07 Å². The molecule has 19 heavy (non-hydrogen) atoms. The first-order chi connectivity index (χ1) is 9.11. The van der Waals surface area contributed by atoms with E-state index in [0.717, 1.165) is 4.90 Å². The highest BCUT2D eigenvalue weighted by atomic mass is 32.2. The molecule has 5 heteroatoms. The van der Waals surface area contributed by atoms with Crippen molar-refractivity contribution >= 4 is 17.7 Å². The predicted molar refractivity (Wildman–Crippen MR) is 68.6 cm³/mol. The molecule has 2 aromatic rings. The van der Waals surface area contributed by atoms with Gasteiger partial charge < -0.3 is 5.11 Å². The Morgan fingerprint density at radius 2 is 1.89 bits per heavy atom. The molecule has 0 aromatic heterocycles. The first-order valence-corrected chi connectivity index (χ1v) is 6.13. The van der Waals surface area contributed by atoms with Crippen LogP contribution < -0.4 is 0 Å². The molecule has 2 rings (SSSR count). The van der Waals surface area contributed by atoms with Crippen molar-refractivity contribution < 1.29 is 14.3 Å². The highest BCUT2D eigenvalue weighted by Gasteiger charge is 2.09. The van der Waals surface area contributed by atoms with E-state index in [-0.39, 0.29) is 11.1 Å². The third kappa shape index (κ3) is 2.92. The topological polar surface area (TPSA) is 61.1 Å². The van der Waals surface area contributed by atoms with Gasteiger partial charge in [-0.1, -0.05) is 17.8 Å². The van der Waals surface area contributed by atoms with Gasteiger partial charge in [-0.25, -0.2) is 9.18 Å². The van der Waals surface area contributed by atoms with E-state index in [4.69, 9.17) is 10.4 Å². The molecular weight excluding hydrogens is 265 g/mol. The second-order valence-electron chi connectivity index (χ2n) is 3.66. The molecule has 94 valence electrons. The smallest absolute Gasteiger partial charge is 0.335 e. The van der Waals surface area contributed by atoms with Gasteiger partial charge in [0.25, 0.3) is 0 Å². The molecule has 0 saturated heterocycles. The van der Waals surface area contributed by atoms with Crippen LogP contribution in [0.4, 0.5) is 4.39 Å². The van der Waals surface area contributed by atoms with Crippen molar-refractivity contribution in [2.75, 3.05) is 0 Å². The van der Waals surface area contributed by atoms with Crippen LogP contribution in [0.3, 0.4) is 0 Å². The van der Waals surface area contributed by atoms with Crippen LogP contribution in [0.1, 0.15) is 15.9 Å². The van der Waals surface area contributed by atoms with Gasteiger partial charge in [-0.2, -0.15) is 5.26 Å². The first-order valence-electron chi connectivity index (χ1n) is 5.31. The van der Waals surface area contributed by atoms with E-state index in [0.29, 0.717) is 4.90 Å². The Balaban J connectivity index is 2.29. The van der Waals surface area contributed by atoms with Crippen LogP contribution in [0.25, 0.3) is 0 Å². The molecule has 0 spiro atoms. The highest BCUT2D eigenvalue weighted by Crippen LogP contribution is 2.31. The number of aromatic carboxylic acids is 1. The average molecular weight is 273 g/mol. The summed E-state index contributed by atoms with van der Waals surface area (Å²) in [6.07, 6.45) is 0. The van der Waals surface area contributed by atoms with Crippen LogP contribution in [0, 0.1) is 17.1 Å². The Labute approximate surface area is 113 Å². The Hall–Kier alpha value is -2.32. The second-order valence-corrected chi connectivity index (χ2v) is 4.77. The summed E-state index contributed by atoms with van der Waals surface area (Å²) in [5.41, 5.74) is 0.180. The summed E-state index contributed by atoms with van der Waals surface area (Å²) in [7, 11) is 0. The number of nitriles is 1. The fourth-order valence-electron chi connectivity index (χ4n) is 1.49. The molecule has 0 amide bonds. The summed E-state index contributed by atoms with van der Waals surface area (Å²) >= 11 is 1.22. The summed E-state index contributed by atoms with van der Waals surface area (Å²) < 4.78 is 13.4. The predicted octanol–water partition coefficient (Wildman–Crippen LogP) is 3.55. The summed E-state index contributed by atoms with van der Waals surface area (Å²) in [6, 6.07) is 12.4. The fraction of sp³-hybridized carbons (Fsp3) is 0. The standard InChI is InChI=1S/C14H8FNO2S/c15-12-2-1-3-13(11(12)8-16)19-10-6-4-9(5-7-10)14(17)18/h1-7H,(H,17,18). The maximum atomic E-state index is 13.4. The largest absolute Gasteiger partial charge is 0.478 e. The molecule has 0 saturated carbocycles. The lowest BCUT2D eigenvalue weighted by Gasteiger charge is -2.04. The SMILES string of the molecule is N#Cc1c(F)cccc1Sc1ccc(C(=O)O)cc1. The molecule has 0 unspecified atom stereocenters. The van der Waals surface area contributed by atoms with Crippen LogP contribution in [0.15, 0.2) is 52.3 Å². The lowest BCUT2D eigenvalue weighted by molar-refractivity contribution is 0.0697. The van der Waals surface area contributed by atoms with E-state index < -0.39 is 11.8 Å². The summed E-state index contributed by atoms with van der Waals surface area (Å²) in [4.78, 5) is 12.0. The zero-order chi connectivity index (χ0) is 13.8. The van der Waals surface area contributed by atoms with Crippen LogP contribution in [0.5, 0.6) is 0 Å². The molecule has 0 fully saturated rings. The minimum Gasteiger partial charge on any atom is -0.478 e. The number of carbonyl (C=O) groups is 1. The van der Waals surface area contributed by atoms with Crippen molar-refractivity contribution in [3.63, 3.8) is 0 Å². The molecule has 3 nitrogen and oxygen atoms in total. The van der Waals surface area contributed by atoms with Crippen molar-refractivity contribution in [1.82, 2.24) is 0 Å². The number of carboxylic acid groups (broad SMARTS) is 1. The Bertz CT molecular complexity index is 662. The van der Waals surface area contributed by atoms with Crippen LogP contribution in [-0.4, -0.2) is 11.1 Å². The molecule has 1 N–H and O–H groups in total. The molecular formula is C14H8FNO2S. The lowest BCUT2D eigenvalue weighted by Crippen LogP contribution is -1.94. The third-order valence-corrected chi connectivity index (χ3v) is 3.48. The van der Waals surface area contributed by atoms with Gasteiger partial charge in [0, 0.05) is 9.79 Å². The molecule has 0 aliphatic carbocycles. The number of nitrogens with zero attached hydrogens (tertiary/aromatic N) is 1. The second kappa shape index (κ2) is 5.55. The normalized spacial score (nSPS) is 9.89. The van der Waals surface area contributed by atoms with Crippen LogP contribution in [-0.2, 0) is 0 Å². The number of hydrogen-bond donors (Lipinski definition) is 1. The zero-order valence-corrected chi connectivity index (χ0v) is 10.4. The van der Waals surface area contributed by atoms with E-state index in [2.05, 4.69) is 0 Å². The number of hydrogen-bond acceptors (Lipinski definition) is 3. The Morgan fingerprint density at radius 1 is 1.21 bits per heavy atom. The van der Waals surface area contributed by atoms with Crippen LogP contribution >= 0.6 is 11.8 Å². The van der Waals surface area contributed by atoms with E-state index >= 15 is 0 Å². The summed E-state index contributed by atoms with van der Waals surface area (Å²) in [6.45, 7) is 0. The molecule has 0 atom stereocenters. The number of rotatable bonds is 3. The molecule has 0 aliphatic rings. The van der Waals surface area contributed by atoms with Gasteiger partial charge >= 0.3 is 5.97 Å². The monoisotopic (exact) mass is 273 g/mol. The van der Waals surface area contributed by atoms with Gasteiger partial charge in [-0.05, 0) is 36.4 Å². The fourth-order valence-corrected chi connectivity index (χ4v) is 2.41. The third-order valence-electron chi connectivity index (χ3n) is 2.42. The highest BCUT2D eigenvalue weighted by molar-refractivity contribution is 7.99.